The van der Waals surface area contributed by atoms with Crippen LogP contribution in [0.3, 0.4) is 0 Å². The Bertz CT molecular complexity index is 441. The zero-order valence-electron chi connectivity index (χ0n) is 9.75. The molecule has 0 bridgehead atoms. The molecule has 2 N–H and O–H groups in total. The van der Waals surface area contributed by atoms with Gasteiger partial charge in [0.2, 0.25) is 0 Å². The van der Waals surface area contributed by atoms with Crippen molar-refractivity contribution >= 4 is 23.4 Å². The van der Waals surface area contributed by atoms with Gasteiger partial charge in [-0.1, -0.05) is 0 Å². The van der Waals surface area contributed by atoms with Gasteiger partial charge < -0.3 is 10.5 Å². The highest BCUT2D eigenvalue weighted by Gasteiger charge is 2.18. The van der Waals surface area contributed by atoms with Crippen molar-refractivity contribution < 1.29 is 18.3 Å². The third-order valence-corrected chi connectivity index (χ3v) is 2.51. The van der Waals surface area contributed by atoms with Gasteiger partial charge in [-0.2, -0.15) is 0 Å². The summed E-state index contributed by atoms with van der Waals surface area (Å²) in [5.41, 5.74) is 5.49. The second-order valence-corrected chi connectivity index (χ2v) is 3.75. The maximum absolute atomic E-state index is 12.8. The monoisotopic (exact) mass is 278 g/mol. The van der Waals surface area contributed by atoms with Crippen molar-refractivity contribution in [2.75, 3.05) is 12.3 Å². The fourth-order valence-corrected chi connectivity index (χ4v) is 1.75. The number of ether oxygens (including phenoxy) is 1. The van der Waals surface area contributed by atoms with E-state index in [0.29, 0.717) is 0 Å². The minimum Gasteiger partial charge on any atom is -0.466 e. The summed E-state index contributed by atoms with van der Waals surface area (Å²) in [6.45, 7) is 1.87. The number of alkyl halides is 3. The number of carbonyl (C=O) groups excluding carboxylic acids is 1. The van der Waals surface area contributed by atoms with E-state index in [0.717, 1.165) is 6.07 Å². The maximum atomic E-state index is 12.8. The number of carbonyl (C=O) groups is 1. The Morgan fingerprint density at radius 2 is 2.28 bits per heavy atom. The molecule has 0 fully saturated rings. The van der Waals surface area contributed by atoms with E-state index in [-0.39, 0.29) is 41.5 Å². The van der Waals surface area contributed by atoms with Crippen molar-refractivity contribution in [1.29, 1.82) is 0 Å². The number of nitrogens with zero attached hydrogens (tertiary/aromatic N) is 1. The quantitative estimate of drug-likeness (QED) is 0.664. The predicted octanol–water partition coefficient (Wildman–Crippen LogP) is 2.45. The average molecular weight is 279 g/mol. The molecule has 1 aromatic heterocycles. The fourth-order valence-electron chi connectivity index (χ4n) is 1.46. The maximum Gasteiger partial charge on any atom is 0.311 e. The van der Waals surface area contributed by atoms with E-state index in [9.17, 15) is 13.6 Å². The second kappa shape index (κ2) is 6.49. The minimum atomic E-state index is -2.72. The van der Waals surface area contributed by atoms with Crippen molar-refractivity contribution in [2.24, 2.45) is 0 Å². The number of pyridine rings is 1. The van der Waals surface area contributed by atoms with Gasteiger partial charge in [0.05, 0.1) is 24.6 Å². The molecule has 0 atom stereocenters. The summed E-state index contributed by atoms with van der Waals surface area (Å²) < 4.78 is 30.3. The molecule has 100 valence electrons. The van der Waals surface area contributed by atoms with Crippen LogP contribution in [0.1, 0.15) is 30.2 Å². The van der Waals surface area contributed by atoms with Crippen LogP contribution < -0.4 is 5.73 Å². The first-order chi connectivity index (χ1) is 8.49. The molecule has 0 aliphatic rings. The molecular formula is C11H13ClF2N2O2. The van der Waals surface area contributed by atoms with E-state index in [1.54, 1.807) is 6.92 Å². The number of nitrogens with two attached hydrogens (primary N) is 1. The van der Waals surface area contributed by atoms with E-state index in [4.69, 9.17) is 22.1 Å². The van der Waals surface area contributed by atoms with Crippen LogP contribution >= 0.6 is 11.6 Å². The number of rotatable bonds is 5. The Balaban J connectivity index is 3.05. The Morgan fingerprint density at radius 1 is 1.61 bits per heavy atom. The lowest BCUT2D eigenvalue weighted by molar-refractivity contribution is -0.142. The molecule has 0 aliphatic heterocycles. The Labute approximate surface area is 108 Å². The summed E-state index contributed by atoms with van der Waals surface area (Å²) in [7, 11) is 0. The molecule has 0 aromatic carbocycles. The molecule has 0 amide bonds. The predicted molar refractivity (Wildman–Crippen MR) is 63.5 cm³/mol. The minimum absolute atomic E-state index is 0.0814. The third-order valence-electron chi connectivity index (χ3n) is 2.24. The molecule has 1 aromatic rings. The zero-order valence-corrected chi connectivity index (χ0v) is 10.5. The Hall–Kier alpha value is -1.43. The number of anilines is 1. The first-order valence-electron chi connectivity index (χ1n) is 5.27. The van der Waals surface area contributed by atoms with Gasteiger partial charge in [0.1, 0.15) is 5.82 Å². The SMILES string of the molecule is CCOC(=O)Cc1cc(C(F)F)c(CCl)c(N)n1. The number of esters is 1. The van der Waals surface area contributed by atoms with Gasteiger partial charge in [-0.25, -0.2) is 13.8 Å². The molecule has 1 heterocycles. The van der Waals surface area contributed by atoms with Gasteiger partial charge in [0.25, 0.3) is 6.43 Å². The first-order valence-corrected chi connectivity index (χ1v) is 5.80. The highest BCUT2D eigenvalue weighted by atomic mass is 35.5. The largest absolute Gasteiger partial charge is 0.466 e. The molecule has 0 radical (unpaired) electrons. The van der Waals surface area contributed by atoms with Crippen LogP contribution in [0.25, 0.3) is 0 Å². The molecular weight excluding hydrogens is 266 g/mol. The van der Waals surface area contributed by atoms with E-state index in [1.807, 2.05) is 0 Å². The number of hydrogen-bond acceptors (Lipinski definition) is 4. The number of aromatic nitrogens is 1. The van der Waals surface area contributed by atoms with Crippen LogP contribution in [0.15, 0.2) is 6.07 Å². The summed E-state index contributed by atoms with van der Waals surface area (Å²) in [4.78, 5) is 15.1. The molecule has 0 spiro atoms. The molecule has 4 nitrogen and oxygen atoms in total. The van der Waals surface area contributed by atoms with Gasteiger partial charge in [-0.05, 0) is 13.0 Å². The molecule has 7 heteroatoms. The topological polar surface area (TPSA) is 65.2 Å². The highest BCUT2D eigenvalue weighted by molar-refractivity contribution is 6.17. The van der Waals surface area contributed by atoms with Crippen LogP contribution in [0.4, 0.5) is 14.6 Å². The summed E-state index contributed by atoms with van der Waals surface area (Å²) in [6, 6.07) is 1.13. The molecule has 1 rings (SSSR count). The summed E-state index contributed by atoms with van der Waals surface area (Å²) in [5, 5.41) is 0. The van der Waals surface area contributed by atoms with E-state index in [2.05, 4.69) is 4.98 Å². The van der Waals surface area contributed by atoms with Gasteiger partial charge in [0, 0.05) is 11.1 Å². The third kappa shape index (κ3) is 3.53. The second-order valence-electron chi connectivity index (χ2n) is 3.48. The fraction of sp³-hybridized carbons (Fsp3) is 0.455. The van der Waals surface area contributed by atoms with Crippen LogP contribution in [-0.2, 0) is 21.8 Å². The summed E-state index contributed by atoms with van der Waals surface area (Å²) in [6.07, 6.45) is -2.91. The summed E-state index contributed by atoms with van der Waals surface area (Å²) >= 11 is 5.54. The van der Waals surface area contributed by atoms with Gasteiger partial charge in [0.15, 0.2) is 0 Å². The lowest BCUT2D eigenvalue weighted by Crippen LogP contribution is -2.11. The number of nitrogen functional groups attached to an aromatic ring is 1. The van der Waals surface area contributed by atoms with Gasteiger partial charge in [-0.15, -0.1) is 11.6 Å². The van der Waals surface area contributed by atoms with Crippen LogP contribution in [-0.4, -0.2) is 17.6 Å². The number of halogens is 3. The average Bonchev–Trinajstić information content (AvgIpc) is 2.28. The molecule has 0 saturated heterocycles. The summed E-state index contributed by atoms with van der Waals surface area (Å²) in [5.74, 6) is -0.775. The smallest absolute Gasteiger partial charge is 0.311 e. The highest BCUT2D eigenvalue weighted by Crippen LogP contribution is 2.28. The van der Waals surface area contributed by atoms with Crippen molar-refractivity contribution in [1.82, 2.24) is 4.98 Å². The van der Waals surface area contributed by atoms with E-state index >= 15 is 0 Å². The van der Waals surface area contributed by atoms with Crippen molar-refractivity contribution in [2.45, 2.75) is 25.7 Å². The van der Waals surface area contributed by atoms with Crippen LogP contribution in [0, 0.1) is 0 Å². The van der Waals surface area contributed by atoms with Crippen molar-refractivity contribution in [3.05, 3.63) is 22.9 Å². The molecule has 0 aliphatic carbocycles. The Morgan fingerprint density at radius 3 is 2.78 bits per heavy atom. The number of hydrogen-bond donors (Lipinski definition) is 1. The van der Waals surface area contributed by atoms with E-state index < -0.39 is 12.4 Å². The lowest BCUT2D eigenvalue weighted by atomic mass is 10.1. The Kier molecular flexibility index (Phi) is 5.27. The molecule has 0 unspecified atom stereocenters. The first kappa shape index (κ1) is 14.6. The van der Waals surface area contributed by atoms with Gasteiger partial charge in [-0.3, -0.25) is 4.79 Å². The van der Waals surface area contributed by atoms with Crippen LogP contribution in [0.2, 0.25) is 0 Å². The normalized spacial score (nSPS) is 10.7. The zero-order chi connectivity index (χ0) is 13.7. The lowest BCUT2D eigenvalue weighted by Gasteiger charge is -2.11. The van der Waals surface area contributed by atoms with Crippen LogP contribution in [0.5, 0.6) is 0 Å². The van der Waals surface area contributed by atoms with Crippen molar-refractivity contribution in [3.63, 3.8) is 0 Å². The standard InChI is InChI=1S/C11H13ClF2N2O2/c1-2-18-9(17)4-6-3-7(10(13)14)8(5-12)11(15)16-6/h3,10H,2,4-5H2,1H3,(H2,15,16). The van der Waals surface area contributed by atoms with E-state index in [1.165, 1.54) is 0 Å². The molecule has 0 saturated carbocycles. The molecule has 18 heavy (non-hydrogen) atoms. The van der Waals surface area contributed by atoms with Crippen molar-refractivity contribution in [3.8, 4) is 0 Å². The van der Waals surface area contributed by atoms with Gasteiger partial charge >= 0.3 is 5.97 Å².